The van der Waals surface area contributed by atoms with Gasteiger partial charge in [-0.2, -0.15) is 13.2 Å². The number of phenols is 2. The van der Waals surface area contributed by atoms with Gasteiger partial charge in [0.25, 0.3) is 0 Å². The third kappa shape index (κ3) is 8.55. The summed E-state index contributed by atoms with van der Waals surface area (Å²) in [5, 5.41) is 20.9. The highest BCUT2D eigenvalue weighted by Crippen LogP contribution is 2.40. The van der Waals surface area contributed by atoms with Gasteiger partial charge in [0, 0.05) is 73.1 Å². The fraction of sp³-hybridized carbons (Fsp3) is 0.524. The van der Waals surface area contributed by atoms with Gasteiger partial charge < -0.3 is 28.8 Å². The highest BCUT2D eigenvalue weighted by atomic mass is 19.4. The van der Waals surface area contributed by atoms with Gasteiger partial charge in [0.1, 0.15) is 34.2 Å². The quantitative estimate of drug-likeness (QED) is 0.194. The van der Waals surface area contributed by atoms with Gasteiger partial charge in [0.15, 0.2) is 10.9 Å². The highest BCUT2D eigenvalue weighted by Gasteiger charge is 2.34. The van der Waals surface area contributed by atoms with Crippen molar-refractivity contribution in [3.05, 3.63) is 78.5 Å². The van der Waals surface area contributed by atoms with E-state index in [0.29, 0.717) is 85.6 Å². The summed E-state index contributed by atoms with van der Waals surface area (Å²) in [4.78, 5) is 53.1. The van der Waals surface area contributed by atoms with E-state index < -0.39 is 29.3 Å². The van der Waals surface area contributed by atoms with Crippen LogP contribution in [0.5, 0.6) is 11.5 Å². The van der Waals surface area contributed by atoms with Crippen LogP contribution in [0.15, 0.2) is 42.7 Å². The SMILES string of the molecule is CCC(=O)N1CCC(c2oc3c(CC(F)(F)F)c(O)ccc3c(=O)c2C)CC1.CCC(=O)N1CCC(c2oc3c(CC4CC4)c(O)ccc3c(=O)c2C)CC1. The van der Waals surface area contributed by atoms with Gasteiger partial charge in [-0.1, -0.05) is 13.8 Å². The first-order valence-electron chi connectivity index (χ1n) is 19.3. The number of benzene rings is 2. The Hall–Kier alpha value is -4.81. The first-order chi connectivity index (χ1) is 26.1. The van der Waals surface area contributed by atoms with Crippen molar-refractivity contribution < 1.29 is 41.8 Å². The summed E-state index contributed by atoms with van der Waals surface area (Å²) in [7, 11) is 0. The first-order valence-corrected chi connectivity index (χ1v) is 19.3. The largest absolute Gasteiger partial charge is 0.508 e. The van der Waals surface area contributed by atoms with Crippen LogP contribution in [0.1, 0.15) is 111 Å². The topological polar surface area (TPSA) is 142 Å². The number of piperidine rings is 2. The van der Waals surface area contributed by atoms with Gasteiger partial charge in [-0.05, 0) is 89.0 Å². The van der Waals surface area contributed by atoms with Gasteiger partial charge in [-0.3, -0.25) is 19.2 Å². The molecule has 1 aliphatic carbocycles. The fourth-order valence-electron chi connectivity index (χ4n) is 8.01. The highest BCUT2D eigenvalue weighted by molar-refractivity contribution is 5.84. The average Bonchev–Trinajstić information content (AvgIpc) is 4.00. The molecule has 0 bridgehead atoms. The van der Waals surface area contributed by atoms with E-state index in [2.05, 4.69) is 0 Å². The summed E-state index contributed by atoms with van der Waals surface area (Å²) in [6, 6.07) is 5.67. The monoisotopic (exact) mass is 766 g/mol. The maximum Gasteiger partial charge on any atom is 0.393 e. The standard InChI is InChI=1S/C22H27NO4.C20H22F3NO4/c1-3-19(25)23-10-8-15(9-11-23)21-13(2)20(26)16-6-7-18(24)17(22(16)27-21)12-14-4-5-14;1-3-16(26)24-8-6-12(7-9-24)18-11(2)17(27)13-4-5-15(25)14(19(13)28-18)10-20(21,22)23/h6-7,14-15,24H,3-5,8-12H2,1-2H3;4-5,12,25H,3,6-10H2,1-2H3. The molecule has 2 aromatic carbocycles. The van der Waals surface area contributed by atoms with Gasteiger partial charge in [-0.25, -0.2) is 0 Å². The van der Waals surface area contributed by atoms with E-state index in [1.54, 1.807) is 30.9 Å². The molecule has 2 N–H and O–H groups in total. The maximum absolute atomic E-state index is 13.0. The molecule has 55 heavy (non-hydrogen) atoms. The van der Waals surface area contributed by atoms with Gasteiger partial charge in [0.05, 0.1) is 17.2 Å². The van der Waals surface area contributed by atoms with Crippen LogP contribution in [0.3, 0.4) is 0 Å². The second-order valence-corrected chi connectivity index (χ2v) is 15.2. The van der Waals surface area contributed by atoms with Gasteiger partial charge >= 0.3 is 6.18 Å². The summed E-state index contributed by atoms with van der Waals surface area (Å²) in [6.45, 7) is 9.52. The summed E-state index contributed by atoms with van der Waals surface area (Å²) in [6.07, 6.45) is 0.835. The number of aromatic hydroxyl groups is 2. The van der Waals surface area contributed by atoms with Crippen molar-refractivity contribution >= 4 is 33.8 Å². The van der Waals surface area contributed by atoms with E-state index in [4.69, 9.17) is 8.83 Å². The molecule has 2 aliphatic heterocycles. The zero-order valence-corrected chi connectivity index (χ0v) is 31.8. The molecule has 3 aliphatic rings. The van der Waals surface area contributed by atoms with E-state index in [0.717, 1.165) is 36.7 Å². The third-order valence-electron chi connectivity index (χ3n) is 11.4. The number of nitrogens with zero attached hydrogens (tertiary/aromatic N) is 2. The molecule has 2 amide bonds. The van der Waals surface area contributed by atoms with Gasteiger partial charge in [0.2, 0.25) is 11.8 Å². The van der Waals surface area contributed by atoms with Crippen molar-refractivity contribution in [1.29, 1.82) is 0 Å². The van der Waals surface area contributed by atoms with Crippen LogP contribution in [0.4, 0.5) is 13.2 Å². The number of rotatable bonds is 7. The summed E-state index contributed by atoms with van der Waals surface area (Å²) in [5.41, 5.74) is 1.30. The molecule has 3 fully saturated rings. The number of likely N-dealkylation sites (tertiary alicyclic amines) is 2. The number of hydrogen-bond acceptors (Lipinski definition) is 8. The lowest BCUT2D eigenvalue weighted by Crippen LogP contribution is -2.37. The molecule has 13 heteroatoms. The van der Waals surface area contributed by atoms with Gasteiger partial charge in [-0.15, -0.1) is 0 Å². The Morgan fingerprint density at radius 2 is 1.09 bits per heavy atom. The zero-order chi connectivity index (χ0) is 39.8. The van der Waals surface area contributed by atoms with Crippen molar-refractivity contribution in [3.8, 4) is 11.5 Å². The minimum absolute atomic E-state index is 0.00430. The number of halogens is 3. The molecule has 0 radical (unpaired) electrons. The van der Waals surface area contributed by atoms with Crippen LogP contribution >= 0.6 is 0 Å². The van der Waals surface area contributed by atoms with Crippen LogP contribution in [0, 0.1) is 19.8 Å². The zero-order valence-electron chi connectivity index (χ0n) is 31.8. The molecule has 4 heterocycles. The molecule has 10 nitrogen and oxygen atoms in total. The minimum Gasteiger partial charge on any atom is -0.508 e. The van der Waals surface area contributed by atoms with E-state index in [1.807, 2.05) is 18.7 Å². The molecule has 0 spiro atoms. The smallest absolute Gasteiger partial charge is 0.393 e. The van der Waals surface area contributed by atoms with E-state index in [9.17, 15) is 42.6 Å². The van der Waals surface area contributed by atoms with E-state index in [1.165, 1.54) is 18.9 Å². The van der Waals surface area contributed by atoms with Crippen LogP contribution in [0.2, 0.25) is 0 Å². The lowest BCUT2D eigenvalue weighted by Gasteiger charge is -2.32. The molecule has 2 saturated heterocycles. The number of phenolic OH excluding ortho intramolecular Hbond substituents is 2. The molecule has 1 saturated carbocycles. The molecule has 0 unspecified atom stereocenters. The minimum atomic E-state index is -4.55. The van der Waals surface area contributed by atoms with Crippen LogP contribution in [-0.4, -0.2) is 64.2 Å². The second-order valence-electron chi connectivity index (χ2n) is 15.2. The number of carbonyl (C=O) groups excluding carboxylic acids is 2. The Balaban J connectivity index is 0.000000187. The molecular weight excluding hydrogens is 717 g/mol. The van der Waals surface area contributed by atoms with E-state index >= 15 is 0 Å². The Morgan fingerprint density at radius 3 is 1.47 bits per heavy atom. The molecule has 0 atom stereocenters. The lowest BCUT2D eigenvalue weighted by atomic mass is 9.90. The summed E-state index contributed by atoms with van der Waals surface area (Å²) < 4.78 is 51.0. The predicted molar refractivity (Wildman–Crippen MR) is 202 cm³/mol. The molecular formula is C42H49F3N2O8. The summed E-state index contributed by atoms with van der Waals surface area (Å²) in [5.74, 6) is 1.53. The second kappa shape index (κ2) is 16.1. The van der Waals surface area contributed by atoms with Crippen molar-refractivity contribution in [2.45, 2.75) is 110 Å². The molecule has 4 aromatic rings. The van der Waals surface area contributed by atoms with Crippen molar-refractivity contribution in [1.82, 2.24) is 9.80 Å². The average molecular weight is 767 g/mol. The fourth-order valence-corrected chi connectivity index (χ4v) is 8.01. The molecule has 296 valence electrons. The lowest BCUT2D eigenvalue weighted by molar-refractivity contribution is -0.132. The Labute approximate surface area is 316 Å². The van der Waals surface area contributed by atoms with E-state index in [-0.39, 0.29) is 45.8 Å². The maximum atomic E-state index is 13.0. The number of amides is 2. The number of fused-ring (bicyclic) bond motifs is 2. The van der Waals surface area contributed by atoms with Crippen molar-refractivity contribution in [3.63, 3.8) is 0 Å². The Morgan fingerprint density at radius 1 is 0.691 bits per heavy atom. The number of carbonyl (C=O) groups is 2. The molecule has 2 aromatic heterocycles. The third-order valence-corrected chi connectivity index (χ3v) is 11.4. The normalized spacial score (nSPS) is 17.1. The first kappa shape index (κ1) is 39.9. The molecule has 7 rings (SSSR count). The summed E-state index contributed by atoms with van der Waals surface area (Å²) >= 11 is 0. The van der Waals surface area contributed by atoms with Crippen molar-refractivity contribution in [2.75, 3.05) is 26.2 Å². The van der Waals surface area contributed by atoms with Crippen LogP contribution in [-0.2, 0) is 22.4 Å². The number of hydrogen-bond donors (Lipinski definition) is 2. The van der Waals surface area contributed by atoms with Crippen LogP contribution in [0.25, 0.3) is 21.9 Å². The predicted octanol–water partition coefficient (Wildman–Crippen LogP) is 7.90. The van der Waals surface area contributed by atoms with Crippen LogP contribution < -0.4 is 10.9 Å². The number of alkyl halides is 3. The Kier molecular flexibility index (Phi) is 11.7. The Bertz CT molecular complexity index is 2210. The van der Waals surface area contributed by atoms with Crippen molar-refractivity contribution in [2.24, 2.45) is 5.92 Å².